The number of nitro benzene ring substituents is 1. The summed E-state index contributed by atoms with van der Waals surface area (Å²) in [6, 6.07) is 4.51. The highest BCUT2D eigenvalue weighted by Crippen LogP contribution is 2.29. The van der Waals surface area contributed by atoms with Crippen molar-refractivity contribution in [2.75, 3.05) is 24.7 Å². The van der Waals surface area contributed by atoms with E-state index in [0.29, 0.717) is 21.9 Å². The van der Waals surface area contributed by atoms with E-state index < -0.39 is 10.8 Å². The summed E-state index contributed by atoms with van der Waals surface area (Å²) in [5.74, 6) is 0.972. The zero-order chi connectivity index (χ0) is 20.3. The highest BCUT2D eigenvalue weighted by molar-refractivity contribution is 7.98. The molecule has 0 aliphatic carbocycles. The van der Waals surface area contributed by atoms with Crippen LogP contribution in [-0.4, -0.2) is 40.1 Å². The predicted molar refractivity (Wildman–Crippen MR) is 113 cm³/mol. The molecule has 1 fully saturated rings. The molecule has 7 nitrogen and oxygen atoms in total. The molecule has 2 heterocycles. The van der Waals surface area contributed by atoms with Crippen molar-refractivity contribution in [3.05, 3.63) is 45.0 Å². The number of piperidine rings is 1. The Morgan fingerprint density at radius 1 is 1.39 bits per heavy atom. The number of nitrogens with zero attached hydrogens (tertiary/aromatic N) is 3. The summed E-state index contributed by atoms with van der Waals surface area (Å²) in [4.78, 5) is 30.7. The molecule has 150 valence electrons. The average Bonchev–Trinajstić information content (AvgIpc) is 3.06. The van der Waals surface area contributed by atoms with Crippen molar-refractivity contribution >= 4 is 39.8 Å². The van der Waals surface area contributed by atoms with E-state index in [0.717, 1.165) is 25.3 Å². The zero-order valence-electron chi connectivity index (χ0n) is 16.2. The lowest BCUT2D eigenvalue weighted by Crippen LogP contribution is -2.38. The van der Waals surface area contributed by atoms with E-state index in [9.17, 15) is 14.9 Å². The number of nitro groups is 1. The Bertz CT molecular complexity index is 861. The van der Waals surface area contributed by atoms with Gasteiger partial charge in [0.2, 0.25) is 0 Å². The summed E-state index contributed by atoms with van der Waals surface area (Å²) in [5.41, 5.74) is 1.12. The minimum absolute atomic E-state index is 0.0617. The van der Waals surface area contributed by atoms with E-state index in [-0.39, 0.29) is 11.3 Å². The van der Waals surface area contributed by atoms with Crippen molar-refractivity contribution in [1.29, 1.82) is 0 Å². The van der Waals surface area contributed by atoms with E-state index in [1.807, 2.05) is 5.38 Å². The van der Waals surface area contributed by atoms with Crippen LogP contribution in [0.25, 0.3) is 0 Å². The maximum absolute atomic E-state index is 12.5. The molecule has 28 heavy (non-hydrogen) atoms. The van der Waals surface area contributed by atoms with Crippen LogP contribution >= 0.6 is 23.1 Å². The fourth-order valence-corrected chi connectivity index (χ4v) is 4.97. The SMILES string of the molecule is CSc1ccc(C(=O)Nc2nc(CN3CC(C)CC(C)C3)cs2)cc1[N+](=O)[O-]. The van der Waals surface area contributed by atoms with Crippen molar-refractivity contribution < 1.29 is 9.72 Å². The first-order valence-electron chi connectivity index (χ1n) is 9.16. The molecule has 0 bridgehead atoms. The molecule has 1 N–H and O–H groups in total. The summed E-state index contributed by atoms with van der Waals surface area (Å²) in [7, 11) is 0. The van der Waals surface area contributed by atoms with E-state index >= 15 is 0 Å². The molecule has 0 radical (unpaired) electrons. The second-order valence-corrected chi connectivity index (χ2v) is 9.09. The number of carbonyl (C=O) groups excluding carboxylic acids is 1. The maximum Gasteiger partial charge on any atom is 0.283 e. The van der Waals surface area contributed by atoms with Gasteiger partial charge in [0.15, 0.2) is 5.13 Å². The number of rotatable bonds is 6. The number of hydrogen-bond donors (Lipinski definition) is 1. The van der Waals surface area contributed by atoms with Crippen molar-refractivity contribution in [3.63, 3.8) is 0 Å². The van der Waals surface area contributed by atoms with Crippen LogP contribution in [0, 0.1) is 22.0 Å². The first kappa shape index (κ1) is 20.8. The number of benzene rings is 1. The summed E-state index contributed by atoms with van der Waals surface area (Å²) in [6.45, 7) is 7.45. The predicted octanol–water partition coefficient (Wildman–Crippen LogP) is 4.50. The fourth-order valence-electron chi connectivity index (χ4n) is 3.73. The van der Waals surface area contributed by atoms with E-state index in [1.165, 1.54) is 35.6 Å². The summed E-state index contributed by atoms with van der Waals surface area (Å²) >= 11 is 2.65. The van der Waals surface area contributed by atoms with Gasteiger partial charge in [-0.15, -0.1) is 23.1 Å². The second kappa shape index (κ2) is 9.02. The Morgan fingerprint density at radius 2 is 2.11 bits per heavy atom. The van der Waals surface area contributed by atoms with Gasteiger partial charge in [0.05, 0.1) is 15.5 Å². The molecule has 0 saturated carbocycles. The summed E-state index contributed by atoms with van der Waals surface area (Å²) in [5, 5.41) is 16.4. The third-order valence-corrected chi connectivity index (χ3v) is 6.33. The van der Waals surface area contributed by atoms with Gasteiger partial charge in [-0.1, -0.05) is 13.8 Å². The van der Waals surface area contributed by atoms with Gasteiger partial charge in [-0.05, 0) is 36.6 Å². The number of likely N-dealkylation sites (tertiary alicyclic amines) is 1. The third kappa shape index (κ3) is 5.09. The first-order valence-corrected chi connectivity index (χ1v) is 11.3. The molecule has 1 saturated heterocycles. The number of anilines is 1. The highest BCUT2D eigenvalue weighted by Gasteiger charge is 2.23. The highest BCUT2D eigenvalue weighted by atomic mass is 32.2. The Hall–Kier alpha value is -1.97. The van der Waals surface area contributed by atoms with E-state index in [4.69, 9.17) is 0 Å². The number of thioether (sulfide) groups is 1. The topological polar surface area (TPSA) is 88.4 Å². The van der Waals surface area contributed by atoms with Crippen LogP contribution in [0.5, 0.6) is 0 Å². The molecule has 1 amide bonds. The minimum atomic E-state index is -0.468. The van der Waals surface area contributed by atoms with Crippen LogP contribution in [0.3, 0.4) is 0 Å². The molecule has 9 heteroatoms. The van der Waals surface area contributed by atoms with Gasteiger partial charge in [0.1, 0.15) is 0 Å². The lowest BCUT2D eigenvalue weighted by molar-refractivity contribution is -0.387. The number of thiazole rings is 1. The van der Waals surface area contributed by atoms with Crippen molar-refractivity contribution in [2.24, 2.45) is 11.8 Å². The second-order valence-electron chi connectivity index (χ2n) is 7.38. The normalized spacial score (nSPS) is 20.1. The average molecular weight is 421 g/mol. The van der Waals surface area contributed by atoms with Crippen molar-refractivity contribution in [2.45, 2.75) is 31.7 Å². The summed E-state index contributed by atoms with van der Waals surface area (Å²) in [6.07, 6.45) is 3.03. The zero-order valence-corrected chi connectivity index (χ0v) is 17.8. The van der Waals surface area contributed by atoms with Crippen LogP contribution in [0.2, 0.25) is 0 Å². The number of hydrogen-bond acceptors (Lipinski definition) is 7. The fraction of sp³-hybridized carbons (Fsp3) is 0.474. The third-order valence-electron chi connectivity index (χ3n) is 4.74. The van der Waals surface area contributed by atoms with Crippen molar-refractivity contribution in [3.8, 4) is 0 Å². The van der Waals surface area contributed by atoms with Crippen LogP contribution in [0.4, 0.5) is 10.8 Å². The van der Waals surface area contributed by atoms with Crippen LogP contribution in [0.15, 0.2) is 28.5 Å². The molecule has 1 aliphatic heterocycles. The molecule has 1 aliphatic rings. The lowest BCUT2D eigenvalue weighted by atomic mass is 9.92. The van der Waals surface area contributed by atoms with Crippen LogP contribution < -0.4 is 5.32 Å². The monoisotopic (exact) mass is 420 g/mol. The van der Waals surface area contributed by atoms with Gasteiger partial charge < -0.3 is 0 Å². The molecule has 1 aromatic heterocycles. The molecule has 3 rings (SSSR count). The smallest absolute Gasteiger partial charge is 0.283 e. The van der Waals surface area contributed by atoms with Gasteiger partial charge in [0.25, 0.3) is 11.6 Å². The Kier molecular flexibility index (Phi) is 6.69. The molecule has 1 aromatic carbocycles. The van der Waals surface area contributed by atoms with Gasteiger partial charge in [-0.3, -0.25) is 25.1 Å². The molecule has 2 unspecified atom stereocenters. The van der Waals surface area contributed by atoms with Crippen LogP contribution in [-0.2, 0) is 6.54 Å². The molecule has 2 atom stereocenters. The standard InChI is InChI=1S/C19H24N4O3S2/c1-12-6-13(2)9-22(8-12)10-15-11-28-19(20-15)21-18(24)14-4-5-17(27-3)16(7-14)23(25)26/h4-5,7,11-13H,6,8-10H2,1-3H3,(H,20,21,24). The number of carbonyl (C=O) groups is 1. The van der Waals surface area contributed by atoms with Crippen LogP contribution in [0.1, 0.15) is 36.3 Å². The number of amides is 1. The quantitative estimate of drug-likeness (QED) is 0.420. The Labute approximate surface area is 172 Å². The van der Waals surface area contributed by atoms with Gasteiger partial charge >= 0.3 is 0 Å². The summed E-state index contributed by atoms with van der Waals surface area (Å²) < 4.78 is 0. The first-order chi connectivity index (χ1) is 13.4. The van der Waals surface area contributed by atoms with Gasteiger partial charge in [-0.25, -0.2) is 4.98 Å². The molecular formula is C19H24N4O3S2. The molecule has 0 spiro atoms. The molecular weight excluding hydrogens is 396 g/mol. The number of nitrogens with one attached hydrogen (secondary N) is 1. The Morgan fingerprint density at radius 3 is 2.75 bits per heavy atom. The Balaban J connectivity index is 1.65. The van der Waals surface area contributed by atoms with E-state index in [2.05, 4.69) is 29.0 Å². The van der Waals surface area contributed by atoms with Crippen molar-refractivity contribution in [1.82, 2.24) is 9.88 Å². The van der Waals surface area contributed by atoms with Gasteiger partial charge in [0, 0.05) is 36.6 Å². The largest absolute Gasteiger partial charge is 0.298 e. The minimum Gasteiger partial charge on any atom is -0.298 e. The molecule has 2 aromatic rings. The maximum atomic E-state index is 12.5. The van der Waals surface area contributed by atoms with Gasteiger partial charge in [-0.2, -0.15) is 0 Å². The number of aromatic nitrogens is 1. The van der Waals surface area contributed by atoms with E-state index in [1.54, 1.807) is 18.4 Å². The lowest BCUT2D eigenvalue weighted by Gasteiger charge is -2.34.